The van der Waals surface area contributed by atoms with Crippen molar-refractivity contribution in [1.29, 1.82) is 0 Å². The van der Waals surface area contributed by atoms with E-state index in [-0.39, 0.29) is 26.1 Å². The third-order valence-corrected chi connectivity index (χ3v) is 8.32. The number of carbonyl (C=O) groups is 2. The summed E-state index contributed by atoms with van der Waals surface area (Å²) in [6, 6.07) is 0. The maximum Gasteiger partial charge on any atom is 0.472 e. The highest BCUT2D eigenvalue weighted by molar-refractivity contribution is 7.47. The summed E-state index contributed by atoms with van der Waals surface area (Å²) in [6.07, 6.45) is 54.1. The van der Waals surface area contributed by atoms with Crippen molar-refractivity contribution in [2.75, 3.05) is 19.8 Å². The first-order valence-corrected chi connectivity index (χ1v) is 21.3. The van der Waals surface area contributed by atoms with Crippen LogP contribution in [0.1, 0.15) is 124 Å². The predicted molar refractivity (Wildman–Crippen MR) is 225 cm³/mol. The highest BCUT2D eigenvalue weighted by Gasteiger charge is 2.25. The molecule has 54 heavy (non-hydrogen) atoms. The number of hydrogen-bond donors (Lipinski definition) is 1. The Labute approximate surface area is 327 Å². The summed E-state index contributed by atoms with van der Waals surface area (Å²) in [5, 5.41) is 0. The van der Waals surface area contributed by atoms with Crippen molar-refractivity contribution in [3.05, 3.63) is 122 Å². The van der Waals surface area contributed by atoms with Crippen LogP contribution in [0.2, 0.25) is 0 Å². The number of esters is 2. The molecule has 0 saturated carbocycles. The number of phosphoric ester groups is 1. The van der Waals surface area contributed by atoms with Gasteiger partial charge in [0, 0.05) is 12.8 Å². The van der Waals surface area contributed by atoms with Gasteiger partial charge in [-0.25, -0.2) is 4.57 Å². The van der Waals surface area contributed by atoms with Crippen LogP contribution in [0.5, 0.6) is 0 Å². The zero-order valence-electron chi connectivity index (χ0n) is 33.3. The van der Waals surface area contributed by atoms with Crippen LogP contribution in [-0.4, -0.2) is 42.8 Å². The quantitative estimate of drug-likeness (QED) is 0.0298. The number of rotatable bonds is 34. The summed E-state index contributed by atoms with van der Waals surface area (Å²) in [5.41, 5.74) is 0. The highest BCUT2D eigenvalue weighted by Crippen LogP contribution is 2.43. The Kier molecular flexibility index (Phi) is 36.6. The monoisotopic (exact) mass is 768 g/mol. The average molecular weight is 769 g/mol. The molecule has 0 fully saturated rings. The second-order valence-electron chi connectivity index (χ2n) is 12.2. The Morgan fingerprint density at radius 2 is 0.852 bits per heavy atom. The number of hydrogen-bond acceptors (Lipinski definition) is 7. The van der Waals surface area contributed by atoms with E-state index in [2.05, 4.69) is 123 Å². The fourth-order valence-corrected chi connectivity index (χ4v) is 5.22. The van der Waals surface area contributed by atoms with Gasteiger partial charge >= 0.3 is 19.8 Å². The van der Waals surface area contributed by atoms with Crippen LogP contribution in [0, 0.1) is 0 Å². The summed E-state index contributed by atoms with van der Waals surface area (Å²) in [5.74, 6) is -0.951. The molecule has 8 nitrogen and oxygen atoms in total. The molecule has 1 N–H and O–H groups in total. The van der Waals surface area contributed by atoms with E-state index in [4.69, 9.17) is 18.5 Å². The molecule has 0 radical (unpaired) electrons. The van der Waals surface area contributed by atoms with Gasteiger partial charge in [0.05, 0.1) is 13.2 Å². The van der Waals surface area contributed by atoms with E-state index in [0.29, 0.717) is 19.3 Å². The van der Waals surface area contributed by atoms with Crippen molar-refractivity contribution in [3.63, 3.8) is 0 Å². The van der Waals surface area contributed by atoms with E-state index < -0.39 is 32.5 Å². The summed E-state index contributed by atoms with van der Waals surface area (Å²) < 4.78 is 32.4. The average Bonchev–Trinajstić information content (AvgIpc) is 3.15. The Morgan fingerprint density at radius 1 is 0.500 bits per heavy atom. The van der Waals surface area contributed by atoms with Gasteiger partial charge in [0.2, 0.25) is 0 Å². The maximum absolute atomic E-state index is 12.5. The van der Waals surface area contributed by atoms with Gasteiger partial charge in [0.25, 0.3) is 0 Å². The largest absolute Gasteiger partial charge is 0.472 e. The van der Waals surface area contributed by atoms with Crippen molar-refractivity contribution >= 4 is 19.8 Å². The number of ether oxygens (including phenoxy) is 2. The minimum Gasteiger partial charge on any atom is -0.462 e. The second-order valence-corrected chi connectivity index (χ2v) is 13.6. The van der Waals surface area contributed by atoms with Crippen molar-refractivity contribution < 1.29 is 37.6 Å². The molecule has 0 rings (SSSR count). The lowest BCUT2D eigenvalue weighted by atomic mass is 10.2. The van der Waals surface area contributed by atoms with E-state index in [1.165, 1.54) is 0 Å². The first-order chi connectivity index (χ1) is 26.3. The van der Waals surface area contributed by atoms with Gasteiger partial charge in [-0.3, -0.25) is 18.6 Å². The number of unbranched alkanes of at least 4 members (excludes halogenated alkanes) is 2. The Bertz CT molecular complexity index is 1280. The molecule has 2 unspecified atom stereocenters. The van der Waals surface area contributed by atoms with Crippen LogP contribution in [-0.2, 0) is 32.7 Å². The van der Waals surface area contributed by atoms with Gasteiger partial charge in [0.15, 0.2) is 6.10 Å². The minimum atomic E-state index is -4.32. The van der Waals surface area contributed by atoms with Crippen molar-refractivity contribution in [2.45, 2.75) is 130 Å². The molecule has 0 aromatic rings. The normalized spacial score (nSPS) is 14.7. The third-order valence-electron chi connectivity index (χ3n) is 7.26. The summed E-state index contributed by atoms with van der Waals surface area (Å²) in [6.45, 7) is 5.07. The van der Waals surface area contributed by atoms with Crippen molar-refractivity contribution in [1.82, 2.24) is 0 Å². The van der Waals surface area contributed by atoms with Gasteiger partial charge in [0.1, 0.15) is 6.61 Å². The number of carbonyl (C=O) groups excluding carboxylic acids is 2. The Morgan fingerprint density at radius 3 is 1.22 bits per heavy atom. The van der Waals surface area contributed by atoms with Gasteiger partial charge in [-0.1, -0.05) is 135 Å². The lowest BCUT2D eigenvalue weighted by Crippen LogP contribution is -2.29. The molecule has 0 saturated heterocycles. The van der Waals surface area contributed by atoms with Crippen LogP contribution in [0.15, 0.2) is 122 Å². The maximum atomic E-state index is 12.5. The van der Waals surface area contributed by atoms with Crippen LogP contribution in [0.4, 0.5) is 0 Å². The molecule has 9 heteroatoms. The molecule has 0 aliphatic heterocycles. The zero-order valence-corrected chi connectivity index (χ0v) is 34.2. The molecule has 0 aliphatic carbocycles. The van der Waals surface area contributed by atoms with E-state index in [1.807, 2.05) is 12.2 Å². The highest BCUT2D eigenvalue weighted by atomic mass is 31.2. The van der Waals surface area contributed by atoms with Gasteiger partial charge in [-0.2, -0.15) is 0 Å². The molecular weight excluding hydrogens is 699 g/mol. The Balaban J connectivity index is 4.37. The molecule has 0 amide bonds. The van der Waals surface area contributed by atoms with Crippen LogP contribution >= 0.6 is 7.82 Å². The van der Waals surface area contributed by atoms with Crippen molar-refractivity contribution in [2.24, 2.45) is 0 Å². The molecule has 0 heterocycles. The first-order valence-electron chi connectivity index (χ1n) is 19.8. The van der Waals surface area contributed by atoms with E-state index in [9.17, 15) is 19.0 Å². The lowest BCUT2D eigenvalue weighted by molar-refractivity contribution is -0.161. The van der Waals surface area contributed by atoms with E-state index >= 15 is 0 Å². The van der Waals surface area contributed by atoms with Crippen LogP contribution < -0.4 is 0 Å². The molecule has 0 aliphatic rings. The minimum absolute atomic E-state index is 0.0269. The summed E-state index contributed by atoms with van der Waals surface area (Å²) in [4.78, 5) is 34.6. The topological polar surface area (TPSA) is 108 Å². The summed E-state index contributed by atoms with van der Waals surface area (Å²) >= 11 is 0. The van der Waals surface area contributed by atoms with Gasteiger partial charge < -0.3 is 14.4 Å². The smallest absolute Gasteiger partial charge is 0.462 e. The third kappa shape index (κ3) is 38.2. The molecule has 0 spiro atoms. The standard InChI is InChI=1S/C45H69O8P/c1-4-7-9-11-13-15-17-19-21-23-25-27-29-31-33-35-37-39-44(46)50-41-43(42-52-54(48,49)51-6-3)53-45(47)40-38-36-34-32-30-28-26-24-22-20-18-16-14-12-10-8-5-2/h7-10,13-16,19-22,25-28,31-34,43H,4-6,11-12,17-18,23-24,29-30,35-42H2,1-3H3,(H,48,49)/b9-7-,10-8-,15-13-,16-14-,21-19-,22-20-,27-25-,28-26-,33-31-,34-32-. The molecule has 302 valence electrons. The molecule has 0 aromatic carbocycles. The lowest BCUT2D eigenvalue weighted by Gasteiger charge is -2.19. The number of phosphoric acid groups is 1. The van der Waals surface area contributed by atoms with Crippen molar-refractivity contribution in [3.8, 4) is 0 Å². The SMILES string of the molecule is CC/C=C\C/C=C\C/C=C\C/C=C\C/C=C\CCCC(=O)OCC(COP(=O)(O)OCC)OC(=O)CCC/C=C\C/C=C\C/C=C\C/C=C\C/C=C\CC. The van der Waals surface area contributed by atoms with E-state index in [1.54, 1.807) is 6.92 Å². The first kappa shape index (κ1) is 50.5. The van der Waals surface area contributed by atoms with Crippen LogP contribution in [0.25, 0.3) is 0 Å². The molecule has 0 bridgehead atoms. The van der Waals surface area contributed by atoms with Gasteiger partial charge in [-0.05, 0) is 96.8 Å². The molecule has 2 atom stereocenters. The van der Waals surface area contributed by atoms with Crippen LogP contribution in [0.3, 0.4) is 0 Å². The fraction of sp³-hybridized carbons (Fsp3) is 0.511. The van der Waals surface area contributed by atoms with E-state index in [0.717, 1.165) is 70.6 Å². The molecule has 0 aromatic heterocycles. The molecular formula is C45H69O8P. The second kappa shape index (κ2) is 39.2. The predicted octanol–water partition coefficient (Wildman–Crippen LogP) is 12.4. The number of allylic oxidation sites excluding steroid dienone is 20. The Hall–Kier alpha value is -3.55. The summed E-state index contributed by atoms with van der Waals surface area (Å²) in [7, 11) is -4.32. The fourth-order valence-electron chi connectivity index (χ4n) is 4.46. The zero-order chi connectivity index (χ0) is 39.6. The van der Waals surface area contributed by atoms with Gasteiger partial charge in [-0.15, -0.1) is 0 Å².